The van der Waals surface area contributed by atoms with E-state index in [1.807, 2.05) is 0 Å². The maximum absolute atomic E-state index is 2.44. The fraction of sp³-hybridized carbons (Fsp3) is 0.867. The summed E-state index contributed by atoms with van der Waals surface area (Å²) in [5, 5.41) is 0. The number of likely N-dealkylation sites (N-methyl/N-ethyl adjacent to an activating group) is 2. The van der Waals surface area contributed by atoms with Gasteiger partial charge in [-0.05, 0) is 54.3 Å². The summed E-state index contributed by atoms with van der Waals surface area (Å²) in [5.74, 6) is 0. The zero-order chi connectivity index (χ0) is 13.8. The summed E-state index contributed by atoms with van der Waals surface area (Å²) in [6.07, 6.45) is 0. The van der Waals surface area contributed by atoms with Crippen molar-refractivity contribution in [2.45, 2.75) is 59.5 Å². The lowest BCUT2D eigenvalue weighted by Crippen LogP contribution is -2.72. The van der Waals surface area contributed by atoms with Gasteiger partial charge < -0.3 is 9.80 Å². The summed E-state index contributed by atoms with van der Waals surface area (Å²) in [6, 6.07) is 0. The predicted molar refractivity (Wildman–Crippen MR) is 76.1 cm³/mol. The van der Waals surface area contributed by atoms with Crippen LogP contribution in [0, 0.1) is 5.41 Å². The molecule has 17 heavy (non-hydrogen) atoms. The minimum Gasteiger partial charge on any atom is -0.371 e. The number of hydrogen-bond acceptors (Lipinski definition) is 2. The van der Waals surface area contributed by atoms with E-state index in [1.165, 1.54) is 11.3 Å². The van der Waals surface area contributed by atoms with E-state index in [1.54, 1.807) is 0 Å². The van der Waals surface area contributed by atoms with Gasteiger partial charge in [-0.25, -0.2) is 0 Å². The second-order valence-corrected chi connectivity index (χ2v) is 6.92. The Kier molecular flexibility index (Phi) is 3.21. The van der Waals surface area contributed by atoms with Crippen LogP contribution in [0.25, 0.3) is 0 Å². The summed E-state index contributed by atoms with van der Waals surface area (Å²) >= 11 is 0. The Labute approximate surface area is 108 Å². The number of allylic oxidation sites excluding steroid dienone is 1. The van der Waals surface area contributed by atoms with Crippen LogP contribution in [0.15, 0.2) is 11.3 Å². The molecular weight excluding hydrogens is 208 g/mol. The average molecular weight is 238 g/mol. The van der Waals surface area contributed by atoms with Crippen LogP contribution in [0.5, 0.6) is 0 Å². The van der Waals surface area contributed by atoms with Gasteiger partial charge in [-0.2, -0.15) is 0 Å². The summed E-state index contributed by atoms with van der Waals surface area (Å²) in [6.45, 7) is 16.4. The van der Waals surface area contributed by atoms with Gasteiger partial charge in [0, 0.05) is 23.7 Å². The van der Waals surface area contributed by atoms with Crippen LogP contribution < -0.4 is 0 Å². The second-order valence-electron chi connectivity index (χ2n) is 6.92. The van der Waals surface area contributed by atoms with Crippen molar-refractivity contribution in [2.75, 3.05) is 21.1 Å². The first-order valence-electron chi connectivity index (χ1n) is 6.51. The van der Waals surface area contributed by atoms with E-state index in [9.17, 15) is 0 Å². The molecule has 100 valence electrons. The van der Waals surface area contributed by atoms with Crippen molar-refractivity contribution in [1.29, 1.82) is 0 Å². The van der Waals surface area contributed by atoms with Gasteiger partial charge in [0.15, 0.2) is 0 Å². The Morgan fingerprint density at radius 1 is 0.941 bits per heavy atom. The van der Waals surface area contributed by atoms with Gasteiger partial charge >= 0.3 is 0 Å². The molecule has 0 fully saturated rings. The van der Waals surface area contributed by atoms with Crippen molar-refractivity contribution in [3.05, 3.63) is 11.3 Å². The largest absolute Gasteiger partial charge is 0.371 e. The number of rotatable bonds is 1. The Balaban J connectivity index is 3.60. The zero-order valence-electron chi connectivity index (χ0n) is 13.4. The lowest BCUT2D eigenvalue weighted by atomic mass is 9.56. The van der Waals surface area contributed by atoms with E-state index in [0.29, 0.717) is 0 Å². The maximum Gasteiger partial charge on any atom is 0.0528 e. The first kappa shape index (κ1) is 14.6. The van der Waals surface area contributed by atoms with E-state index >= 15 is 0 Å². The molecule has 0 spiro atoms. The monoisotopic (exact) mass is 238 g/mol. The number of nitrogens with zero attached hydrogens (tertiary/aromatic N) is 2. The fourth-order valence-corrected chi connectivity index (χ4v) is 3.69. The molecule has 0 aromatic rings. The second kappa shape index (κ2) is 3.74. The Bertz CT molecular complexity index is 350. The highest BCUT2D eigenvalue weighted by atomic mass is 15.3. The lowest BCUT2D eigenvalue weighted by molar-refractivity contribution is -0.0775. The normalized spacial score (nSPS) is 32.3. The smallest absolute Gasteiger partial charge is 0.0528 e. The molecule has 2 heteroatoms. The van der Waals surface area contributed by atoms with Crippen LogP contribution in [0.1, 0.15) is 48.5 Å². The minimum absolute atomic E-state index is 0.0956. The molecule has 0 radical (unpaired) electrons. The molecule has 0 aromatic carbocycles. The molecule has 1 aliphatic rings. The van der Waals surface area contributed by atoms with Gasteiger partial charge in [0.05, 0.1) is 5.54 Å². The Hall–Kier alpha value is -0.500. The van der Waals surface area contributed by atoms with Crippen molar-refractivity contribution in [3.8, 4) is 0 Å². The van der Waals surface area contributed by atoms with Gasteiger partial charge in [0.2, 0.25) is 0 Å². The summed E-state index contributed by atoms with van der Waals surface area (Å²) in [5.41, 5.74) is 3.27. The summed E-state index contributed by atoms with van der Waals surface area (Å²) in [4.78, 5) is 4.83. The molecule has 1 aliphatic heterocycles. The van der Waals surface area contributed by atoms with Gasteiger partial charge in [-0.1, -0.05) is 13.8 Å². The number of hydrogen-bond donors (Lipinski definition) is 0. The molecule has 1 atom stereocenters. The molecule has 0 N–H and O–H groups in total. The van der Waals surface area contributed by atoms with E-state index in [0.717, 1.165) is 0 Å². The average Bonchev–Trinajstić information content (AvgIpc) is 2.22. The molecule has 1 unspecified atom stereocenters. The van der Waals surface area contributed by atoms with E-state index in [2.05, 4.69) is 79.4 Å². The quantitative estimate of drug-likeness (QED) is 0.691. The highest BCUT2D eigenvalue weighted by Gasteiger charge is 2.58. The van der Waals surface area contributed by atoms with Crippen molar-refractivity contribution < 1.29 is 0 Å². The first-order chi connectivity index (χ1) is 7.42. The molecule has 0 amide bonds. The summed E-state index contributed by atoms with van der Waals surface area (Å²) < 4.78 is 0. The van der Waals surface area contributed by atoms with Gasteiger partial charge in [0.25, 0.3) is 0 Å². The molecule has 0 aliphatic carbocycles. The van der Waals surface area contributed by atoms with Crippen LogP contribution in [0.4, 0.5) is 0 Å². The molecule has 0 aromatic heterocycles. The van der Waals surface area contributed by atoms with Crippen molar-refractivity contribution in [1.82, 2.24) is 9.80 Å². The molecule has 0 saturated carbocycles. The third-order valence-electron chi connectivity index (χ3n) is 6.12. The highest BCUT2D eigenvalue weighted by Crippen LogP contribution is 2.54. The summed E-state index contributed by atoms with van der Waals surface area (Å²) in [7, 11) is 6.62. The Morgan fingerprint density at radius 2 is 1.35 bits per heavy atom. The van der Waals surface area contributed by atoms with Crippen molar-refractivity contribution >= 4 is 0 Å². The molecule has 1 rings (SSSR count). The zero-order valence-corrected chi connectivity index (χ0v) is 13.4. The SMILES string of the molecule is CC1=C(C)C(C)(C)C(C)(N(C)C)C(C)(C)N1C. The van der Waals surface area contributed by atoms with Crippen LogP contribution in [-0.4, -0.2) is 42.0 Å². The van der Waals surface area contributed by atoms with Crippen LogP contribution in [0.2, 0.25) is 0 Å². The van der Waals surface area contributed by atoms with Crippen LogP contribution in [-0.2, 0) is 0 Å². The predicted octanol–water partition coefficient (Wildman–Crippen LogP) is 3.35. The van der Waals surface area contributed by atoms with E-state index in [4.69, 9.17) is 0 Å². The molecule has 0 saturated heterocycles. The third-order valence-corrected chi connectivity index (χ3v) is 6.12. The van der Waals surface area contributed by atoms with Crippen LogP contribution in [0.3, 0.4) is 0 Å². The molecular formula is C15H30N2. The lowest BCUT2D eigenvalue weighted by Gasteiger charge is -2.65. The minimum atomic E-state index is 0.0956. The first-order valence-corrected chi connectivity index (χ1v) is 6.51. The third kappa shape index (κ3) is 1.49. The van der Waals surface area contributed by atoms with Gasteiger partial charge in [-0.15, -0.1) is 0 Å². The molecule has 0 bridgehead atoms. The molecule has 2 nitrogen and oxygen atoms in total. The maximum atomic E-state index is 2.44. The van der Waals surface area contributed by atoms with Crippen LogP contribution >= 0.6 is 0 Å². The Morgan fingerprint density at radius 3 is 1.71 bits per heavy atom. The van der Waals surface area contributed by atoms with Gasteiger partial charge in [-0.3, -0.25) is 0 Å². The molecule has 1 heterocycles. The van der Waals surface area contributed by atoms with Crippen molar-refractivity contribution in [3.63, 3.8) is 0 Å². The topological polar surface area (TPSA) is 6.48 Å². The fourth-order valence-electron chi connectivity index (χ4n) is 3.69. The van der Waals surface area contributed by atoms with E-state index < -0.39 is 0 Å². The standard InChI is InChI=1S/C15H30N2/c1-11-12(2)17(10)14(5,6)15(7,16(8)9)13(11,3)4/h1-10H3. The van der Waals surface area contributed by atoms with Gasteiger partial charge in [0.1, 0.15) is 0 Å². The van der Waals surface area contributed by atoms with Crippen molar-refractivity contribution in [2.24, 2.45) is 5.41 Å². The highest BCUT2D eigenvalue weighted by molar-refractivity contribution is 5.32. The van der Waals surface area contributed by atoms with E-state index in [-0.39, 0.29) is 16.5 Å².